The number of hydrogen-bond donors (Lipinski definition) is 1. The average molecular weight is 715 g/mol. The molecule has 1 radical (unpaired) electrons. The van der Waals surface area contributed by atoms with E-state index in [1.807, 2.05) is 144 Å². The number of halogens is 1. The average Bonchev–Trinajstić information content (AvgIpc) is 3.11. The first-order chi connectivity index (χ1) is 22.5. The van der Waals surface area contributed by atoms with E-state index in [0.29, 0.717) is 44.5 Å². The molecule has 2 heterocycles. The van der Waals surface area contributed by atoms with E-state index < -0.39 is 0 Å². The van der Waals surface area contributed by atoms with E-state index in [0.717, 1.165) is 27.1 Å². The highest BCUT2D eigenvalue weighted by Gasteiger charge is 2.12. The fourth-order valence-corrected chi connectivity index (χ4v) is 5.54. The molecule has 1 N–H and O–H groups in total. The Kier molecular flexibility index (Phi) is 9.57. The summed E-state index contributed by atoms with van der Waals surface area (Å²) >= 11 is 2.00. The maximum absolute atomic E-state index is 12.9. The van der Waals surface area contributed by atoms with Gasteiger partial charge >= 0.3 is 7.69 Å². The molecule has 223 valence electrons. The normalized spacial score (nSPS) is 10.6. The molecular formula is C38H25BIO6. The highest BCUT2D eigenvalue weighted by Crippen LogP contribution is 2.26. The monoisotopic (exact) mass is 715 g/mol. The molecule has 0 aliphatic rings. The Labute approximate surface area is 278 Å². The van der Waals surface area contributed by atoms with E-state index in [2.05, 4.69) is 4.65 Å². The second-order valence-corrected chi connectivity index (χ2v) is 11.3. The number of rotatable bonds is 3. The zero-order chi connectivity index (χ0) is 31.9. The second-order valence-electron chi connectivity index (χ2n) is 10.1. The Balaban J connectivity index is 0.000000131. The molecule has 6 aromatic carbocycles. The van der Waals surface area contributed by atoms with Crippen molar-refractivity contribution < 1.29 is 18.5 Å². The van der Waals surface area contributed by atoms with Crippen LogP contribution in [0.5, 0.6) is 5.75 Å². The van der Waals surface area contributed by atoms with Crippen molar-refractivity contribution >= 4 is 73.8 Å². The van der Waals surface area contributed by atoms with Gasteiger partial charge in [-0.15, -0.1) is 0 Å². The Hall–Kier alpha value is -5.19. The molecule has 8 rings (SSSR count). The van der Waals surface area contributed by atoms with Gasteiger partial charge in [0.2, 0.25) is 10.9 Å². The minimum absolute atomic E-state index is 0.0132. The van der Waals surface area contributed by atoms with Gasteiger partial charge in [-0.2, -0.15) is 0 Å². The molecule has 6 nitrogen and oxygen atoms in total. The van der Waals surface area contributed by atoms with Crippen molar-refractivity contribution in [1.29, 1.82) is 0 Å². The van der Waals surface area contributed by atoms with Crippen molar-refractivity contribution in [3.05, 3.63) is 170 Å². The van der Waals surface area contributed by atoms with Gasteiger partial charge in [-0.25, -0.2) is 0 Å². The van der Waals surface area contributed by atoms with Gasteiger partial charge in [-0.3, -0.25) is 9.59 Å². The largest absolute Gasteiger partial charge is 0.569 e. The molecule has 0 aliphatic heterocycles. The van der Waals surface area contributed by atoms with E-state index in [1.54, 1.807) is 18.4 Å². The summed E-state index contributed by atoms with van der Waals surface area (Å²) in [4.78, 5) is 25.0. The van der Waals surface area contributed by atoms with Crippen LogP contribution in [0.1, 0.15) is 0 Å². The maximum atomic E-state index is 12.9. The molecule has 0 saturated carbocycles. The number of para-hydroxylation sites is 1. The Morgan fingerprint density at radius 3 is 1.65 bits per heavy atom. The summed E-state index contributed by atoms with van der Waals surface area (Å²) < 4.78 is 16.4. The zero-order valence-corrected chi connectivity index (χ0v) is 26.5. The molecule has 0 aliphatic carbocycles. The van der Waals surface area contributed by atoms with Crippen molar-refractivity contribution in [3.8, 4) is 16.9 Å². The summed E-state index contributed by atoms with van der Waals surface area (Å²) in [7, 11) is 0.662. The van der Waals surface area contributed by atoms with E-state index in [-0.39, 0.29) is 10.9 Å². The first-order valence-corrected chi connectivity index (χ1v) is 15.4. The molecule has 0 unspecified atom stereocenters. The molecule has 8 heteroatoms. The molecule has 0 fully saturated rings. The molecule has 8 aromatic rings. The summed E-state index contributed by atoms with van der Waals surface area (Å²) in [5.41, 5.74) is 2.79. The Bertz CT molecular complexity index is 2390. The molecule has 2 aromatic heterocycles. The molecule has 0 saturated heterocycles. The van der Waals surface area contributed by atoms with Crippen LogP contribution in [0.4, 0.5) is 0 Å². The van der Waals surface area contributed by atoms with Crippen LogP contribution < -0.4 is 15.5 Å². The SMILES string of the molecule is O=c1c(-c2ccccc2)coc2ccc3ccccc3c12.O=c1c(I)coc2ccc3ccccc3c12.O[B]Oc1ccccc1. The van der Waals surface area contributed by atoms with E-state index in [4.69, 9.17) is 13.9 Å². The summed E-state index contributed by atoms with van der Waals surface area (Å²) in [6, 6.07) is 42.0. The first kappa shape index (κ1) is 30.8. The van der Waals surface area contributed by atoms with E-state index in [1.165, 1.54) is 6.26 Å². The van der Waals surface area contributed by atoms with Crippen molar-refractivity contribution in [2.45, 2.75) is 0 Å². The smallest absolute Gasteiger partial charge is 0.537 e. The van der Waals surface area contributed by atoms with Crippen LogP contribution >= 0.6 is 22.6 Å². The van der Waals surface area contributed by atoms with Crippen LogP contribution in [0.15, 0.2) is 164 Å². The summed E-state index contributed by atoms with van der Waals surface area (Å²) in [6.07, 6.45) is 3.05. The Morgan fingerprint density at radius 1 is 0.565 bits per heavy atom. The third kappa shape index (κ3) is 6.58. The molecule has 0 atom stereocenters. The molecule has 0 amide bonds. The lowest BCUT2D eigenvalue weighted by atomic mass is 10.0. The molecule has 46 heavy (non-hydrogen) atoms. The summed E-state index contributed by atoms with van der Waals surface area (Å²) in [6.45, 7) is 0. The van der Waals surface area contributed by atoms with Gasteiger partial charge in [0.25, 0.3) is 0 Å². The van der Waals surface area contributed by atoms with Gasteiger partial charge in [0.15, 0.2) is 0 Å². The van der Waals surface area contributed by atoms with Crippen molar-refractivity contribution in [1.82, 2.24) is 0 Å². The minimum atomic E-state index is 0.0132. The predicted molar refractivity (Wildman–Crippen MR) is 193 cm³/mol. The predicted octanol–water partition coefficient (Wildman–Crippen LogP) is 8.76. The highest BCUT2D eigenvalue weighted by molar-refractivity contribution is 14.1. The quantitative estimate of drug-likeness (QED) is 0.112. The van der Waals surface area contributed by atoms with Crippen molar-refractivity contribution in [2.24, 2.45) is 0 Å². The van der Waals surface area contributed by atoms with Gasteiger partial charge in [0, 0.05) is 0 Å². The van der Waals surface area contributed by atoms with Crippen LogP contribution in [-0.4, -0.2) is 12.7 Å². The number of benzene rings is 6. The highest BCUT2D eigenvalue weighted by atomic mass is 127. The summed E-state index contributed by atoms with van der Waals surface area (Å²) in [5.74, 6) is 0.639. The summed E-state index contributed by atoms with van der Waals surface area (Å²) in [5, 5.41) is 13.5. The second kappa shape index (κ2) is 14.3. The topological polar surface area (TPSA) is 89.9 Å². The number of fused-ring (bicyclic) bond motifs is 6. The zero-order valence-electron chi connectivity index (χ0n) is 24.3. The fourth-order valence-electron chi connectivity index (χ4n) is 5.14. The lowest BCUT2D eigenvalue weighted by molar-refractivity contribution is 0.454. The lowest BCUT2D eigenvalue weighted by Crippen LogP contribution is -2.05. The van der Waals surface area contributed by atoms with Gasteiger partial charge in [-0.1, -0.05) is 109 Å². The fraction of sp³-hybridized carbons (Fsp3) is 0. The third-order valence-electron chi connectivity index (χ3n) is 7.31. The van der Waals surface area contributed by atoms with Gasteiger partial charge in [0.05, 0.1) is 25.7 Å². The maximum Gasteiger partial charge on any atom is 0.569 e. The molecular weight excluding hydrogens is 690 g/mol. The van der Waals surface area contributed by atoms with Gasteiger partial charge in [0.1, 0.15) is 23.7 Å². The number of hydrogen-bond acceptors (Lipinski definition) is 6. The molecule has 0 bridgehead atoms. The van der Waals surface area contributed by atoms with Crippen LogP contribution in [0, 0.1) is 3.57 Å². The Morgan fingerprint density at radius 2 is 1.07 bits per heavy atom. The standard InChI is InChI=1S/C19H12O2.C13H7IO2.C6H6BO2/c20-19-16(13-6-2-1-3-7-13)12-21-17-11-10-14-8-4-5-9-15(14)18(17)19;14-10-7-16-11-6-5-8-3-1-2-4-9(8)12(11)13(10)15;8-7-9-6-4-2-1-3-5-6/h1-12H;1-7H;1-5,8H. The van der Waals surface area contributed by atoms with Crippen molar-refractivity contribution in [2.75, 3.05) is 0 Å². The van der Waals surface area contributed by atoms with Crippen LogP contribution in [-0.2, 0) is 0 Å². The van der Waals surface area contributed by atoms with E-state index in [9.17, 15) is 9.59 Å². The first-order valence-electron chi connectivity index (χ1n) is 14.3. The minimum Gasteiger partial charge on any atom is -0.537 e. The molecule has 0 spiro atoms. The van der Waals surface area contributed by atoms with Crippen LogP contribution in [0.2, 0.25) is 0 Å². The third-order valence-corrected chi connectivity index (χ3v) is 8.05. The van der Waals surface area contributed by atoms with Gasteiger partial charge < -0.3 is 18.5 Å². The van der Waals surface area contributed by atoms with E-state index >= 15 is 0 Å². The van der Waals surface area contributed by atoms with Crippen LogP contribution in [0.3, 0.4) is 0 Å². The van der Waals surface area contributed by atoms with Crippen molar-refractivity contribution in [3.63, 3.8) is 0 Å². The van der Waals surface area contributed by atoms with Gasteiger partial charge in [-0.05, 0) is 74.0 Å². The van der Waals surface area contributed by atoms with Crippen LogP contribution in [0.25, 0.3) is 54.6 Å². The lowest BCUT2D eigenvalue weighted by Gasteiger charge is -2.05.